The first-order chi connectivity index (χ1) is 31.3. The summed E-state index contributed by atoms with van der Waals surface area (Å²) in [6.07, 6.45) is -5.43. The van der Waals surface area contributed by atoms with Gasteiger partial charge in [0.05, 0.1) is 19.0 Å². The number of nitrogens with zero attached hydrogens (tertiary/aromatic N) is 5. The zero-order valence-corrected chi connectivity index (χ0v) is 40.1. The van der Waals surface area contributed by atoms with E-state index in [2.05, 4.69) is 15.0 Å². The number of ketones is 1. The van der Waals surface area contributed by atoms with Crippen LogP contribution in [0.3, 0.4) is 0 Å². The summed E-state index contributed by atoms with van der Waals surface area (Å²) in [4.78, 5) is 80.5. The van der Waals surface area contributed by atoms with Gasteiger partial charge in [0.15, 0.2) is 40.7 Å². The van der Waals surface area contributed by atoms with Gasteiger partial charge in [0.2, 0.25) is 5.28 Å². The Balaban J connectivity index is 1.39. The van der Waals surface area contributed by atoms with E-state index in [0.29, 0.717) is 21.6 Å². The number of imide groups is 1. The summed E-state index contributed by atoms with van der Waals surface area (Å²) in [5.74, 6) is -2.42. The molecule has 1 fully saturated rings. The molecule has 0 saturated carbocycles. The van der Waals surface area contributed by atoms with Crippen molar-refractivity contribution in [2.75, 3.05) is 11.5 Å². The van der Waals surface area contributed by atoms with E-state index in [0.717, 1.165) is 11.1 Å². The van der Waals surface area contributed by atoms with Crippen molar-refractivity contribution in [2.24, 2.45) is 5.92 Å². The van der Waals surface area contributed by atoms with Gasteiger partial charge >= 0.3 is 24.3 Å². The van der Waals surface area contributed by atoms with Crippen molar-refractivity contribution in [2.45, 2.75) is 123 Å². The van der Waals surface area contributed by atoms with E-state index in [-0.39, 0.29) is 35.8 Å². The zero-order chi connectivity index (χ0) is 49.2. The van der Waals surface area contributed by atoms with Crippen molar-refractivity contribution in [1.29, 1.82) is 0 Å². The van der Waals surface area contributed by atoms with Crippen LogP contribution in [0.1, 0.15) is 104 Å². The number of aromatic nitrogens is 4. The highest BCUT2D eigenvalue weighted by atomic mass is 35.5. The molecule has 67 heavy (non-hydrogen) atoms. The van der Waals surface area contributed by atoms with Crippen molar-refractivity contribution >= 4 is 58.7 Å². The van der Waals surface area contributed by atoms with E-state index >= 15 is 0 Å². The van der Waals surface area contributed by atoms with Gasteiger partial charge in [-0.25, -0.2) is 24.2 Å². The summed E-state index contributed by atoms with van der Waals surface area (Å²) < 4.78 is 37.3. The molecule has 1 saturated heterocycles. The molecule has 3 aromatic carbocycles. The Morgan fingerprint density at radius 2 is 1.37 bits per heavy atom. The van der Waals surface area contributed by atoms with Gasteiger partial charge in [-0.3, -0.25) is 9.36 Å². The van der Waals surface area contributed by atoms with Crippen LogP contribution in [0.5, 0.6) is 0 Å². The number of hydrogen-bond donors (Lipinski definition) is 1. The Bertz CT molecular complexity index is 2610. The van der Waals surface area contributed by atoms with Gasteiger partial charge in [-0.05, 0) is 103 Å². The number of amides is 2. The summed E-state index contributed by atoms with van der Waals surface area (Å²) in [7, 11) is 0. The maximum Gasteiger partial charge on any atom is 0.509 e. The van der Waals surface area contributed by atoms with Crippen molar-refractivity contribution in [3.8, 4) is 11.1 Å². The third-order valence-electron chi connectivity index (χ3n) is 10.4. The molecule has 2 amide bonds. The molecule has 5 aromatic rings. The number of fused-ring (bicyclic) bond motifs is 1. The van der Waals surface area contributed by atoms with Crippen molar-refractivity contribution in [3.63, 3.8) is 0 Å². The number of ether oxygens (including phenoxy) is 6. The molecule has 0 bridgehead atoms. The lowest BCUT2D eigenvalue weighted by atomic mass is 9.86. The average Bonchev–Trinajstić information content (AvgIpc) is 3.77. The number of hydrogen-bond acceptors (Lipinski definition) is 14. The zero-order valence-electron chi connectivity index (χ0n) is 39.4. The molecule has 0 spiro atoms. The molecule has 1 unspecified atom stereocenters. The van der Waals surface area contributed by atoms with Crippen LogP contribution >= 0.6 is 11.6 Å². The summed E-state index contributed by atoms with van der Waals surface area (Å²) in [5.41, 5.74) is -2.05. The molecule has 18 heteroatoms. The van der Waals surface area contributed by atoms with E-state index < -0.39 is 76.4 Å². The molecule has 3 heterocycles. The van der Waals surface area contributed by atoms with Crippen LogP contribution in [0.25, 0.3) is 22.3 Å². The monoisotopic (exact) mass is 941 g/mol. The lowest BCUT2D eigenvalue weighted by Gasteiger charge is -2.32. The first-order valence-electron chi connectivity index (χ1n) is 21.6. The van der Waals surface area contributed by atoms with E-state index in [1.54, 1.807) is 124 Å². The second kappa shape index (κ2) is 19.4. The molecule has 1 aliphatic heterocycles. The second-order valence-corrected chi connectivity index (χ2v) is 19.5. The van der Waals surface area contributed by atoms with Crippen LogP contribution in [0.2, 0.25) is 5.28 Å². The molecular formula is C49H56ClN5O12. The highest BCUT2D eigenvalue weighted by Crippen LogP contribution is 2.41. The normalized spacial score (nSPS) is 18.4. The standard InChI is InChI=1S/C49H56ClN5O12/c1-28-35(26-62-49(41(57)58,32-17-13-12-14-18-32)25-30-21-23-31(24-22-30)34-20-16-15-19-33(34)29(2)56)63-40(37(28)64-45(61)67-48(9,10)11)54-27-51-36-38(54)52-42(50)53-39(36)55(43(59)65-46(3,4)5)44(60)66-47(6,7)8/h12-24,27-28,35,37,40H,25-26H2,1-11H3,(H,57,58)/t28-,35-,37-,40-,49?/m1/s1. The number of benzene rings is 3. The number of imidazole rings is 1. The predicted molar refractivity (Wildman–Crippen MR) is 247 cm³/mol. The van der Waals surface area contributed by atoms with E-state index in [4.69, 9.17) is 40.0 Å². The number of anilines is 1. The summed E-state index contributed by atoms with van der Waals surface area (Å²) >= 11 is 6.51. The van der Waals surface area contributed by atoms with Gasteiger partial charge in [0.1, 0.15) is 16.8 Å². The SMILES string of the molecule is CC(=O)c1ccccc1-c1ccc(CC(OC[C@H]2O[C@@H](n3cnc4c(N(C(=O)OC(C)(C)C)C(=O)OC(C)(C)C)nc(Cl)nc43)[C@H](OC(=O)OC(C)(C)C)[C@@H]2C)(C(=O)O)c2ccccc2)cc1. The fourth-order valence-corrected chi connectivity index (χ4v) is 7.62. The van der Waals surface area contributed by atoms with Crippen molar-refractivity contribution < 1.29 is 57.5 Å². The Morgan fingerprint density at radius 3 is 1.94 bits per heavy atom. The van der Waals surface area contributed by atoms with Crippen LogP contribution in [-0.4, -0.2) is 90.3 Å². The lowest BCUT2D eigenvalue weighted by molar-refractivity contribution is -0.175. The molecule has 2 aromatic heterocycles. The fourth-order valence-electron chi connectivity index (χ4n) is 7.46. The number of aliphatic carboxylic acids is 1. The maximum atomic E-state index is 13.7. The Labute approximate surface area is 393 Å². The second-order valence-electron chi connectivity index (χ2n) is 19.2. The van der Waals surface area contributed by atoms with Gasteiger partial charge < -0.3 is 33.5 Å². The van der Waals surface area contributed by atoms with Crippen LogP contribution in [-0.2, 0) is 45.2 Å². The summed E-state index contributed by atoms with van der Waals surface area (Å²) in [6, 6.07) is 23.0. The minimum absolute atomic E-state index is 0.0396. The largest absolute Gasteiger partial charge is 0.509 e. The molecule has 0 aliphatic carbocycles. The first-order valence-corrected chi connectivity index (χ1v) is 22.0. The third-order valence-corrected chi connectivity index (χ3v) is 10.6. The lowest BCUT2D eigenvalue weighted by Crippen LogP contribution is -2.44. The quantitative estimate of drug-likeness (QED) is 0.0534. The van der Waals surface area contributed by atoms with Crippen LogP contribution < -0.4 is 4.90 Å². The molecular weight excluding hydrogens is 886 g/mol. The Kier molecular flexibility index (Phi) is 14.5. The number of halogens is 1. The van der Waals surface area contributed by atoms with E-state index in [1.807, 2.05) is 24.3 Å². The molecule has 5 atom stereocenters. The number of carboxylic acid groups (broad SMARTS) is 1. The van der Waals surface area contributed by atoms with Crippen LogP contribution in [0.15, 0.2) is 85.2 Å². The summed E-state index contributed by atoms with van der Waals surface area (Å²) in [5, 5.41) is 10.7. The number of rotatable bonds is 12. The Morgan fingerprint density at radius 1 is 0.791 bits per heavy atom. The highest BCUT2D eigenvalue weighted by molar-refractivity contribution is 6.29. The molecule has 356 valence electrons. The number of Topliss-reactive ketones (excluding diaryl/α,β-unsaturated/α-hetero) is 1. The third kappa shape index (κ3) is 11.8. The van der Waals surface area contributed by atoms with Gasteiger partial charge in [-0.15, -0.1) is 0 Å². The van der Waals surface area contributed by atoms with Crippen LogP contribution in [0.4, 0.5) is 20.2 Å². The average molecular weight is 942 g/mol. The van der Waals surface area contributed by atoms with Crippen molar-refractivity contribution in [3.05, 3.63) is 107 Å². The number of carbonyl (C=O) groups is 5. The minimum Gasteiger partial charge on any atom is -0.479 e. The molecule has 1 aliphatic rings. The smallest absolute Gasteiger partial charge is 0.479 e. The van der Waals surface area contributed by atoms with E-state index in [1.165, 1.54) is 17.8 Å². The minimum atomic E-state index is -1.95. The molecule has 6 rings (SSSR count). The van der Waals surface area contributed by atoms with Gasteiger partial charge in [-0.1, -0.05) is 85.8 Å². The molecule has 1 N–H and O–H groups in total. The Hall–Kier alpha value is -6.43. The highest BCUT2D eigenvalue weighted by Gasteiger charge is 2.50. The number of carboxylic acids is 1. The van der Waals surface area contributed by atoms with E-state index in [9.17, 15) is 29.1 Å². The fraction of sp³-hybridized carbons (Fsp3) is 0.429. The predicted octanol–water partition coefficient (Wildman–Crippen LogP) is 10.1. The first kappa shape index (κ1) is 50.0. The van der Waals surface area contributed by atoms with Gasteiger partial charge in [0, 0.05) is 17.9 Å². The number of carbonyl (C=O) groups excluding carboxylic acids is 4. The van der Waals surface area contributed by atoms with Crippen molar-refractivity contribution in [1.82, 2.24) is 19.5 Å². The van der Waals surface area contributed by atoms with Gasteiger partial charge in [0.25, 0.3) is 0 Å². The van der Waals surface area contributed by atoms with Gasteiger partial charge in [-0.2, -0.15) is 14.9 Å². The molecule has 0 radical (unpaired) electrons. The maximum absolute atomic E-state index is 13.7. The van der Waals surface area contributed by atoms with Crippen LogP contribution in [0, 0.1) is 5.92 Å². The molecule has 17 nitrogen and oxygen atoms in total. The summed E-state index contributed by atoms with van der Waals surface area (Å²) in [6.45, 7) is 17.7. The topological polar surface area (TPSA) is 208 Å².